The van der Waals surface area contributed by atoms with Crippen molar-refractivity contribution in [1.29, 1.82) is 0 Å². The second kappa shape index (κ2) is 8.29. The van der Waals surface area contributed by atoms with Crippen LogP contribution in [0.1, 0.15) is 25.8 Å². The Bertz CT molecular complexity index is 1170. The van der Waals surface area contributed by atoms with Gasteiger partial charge in [-0.3, -0.25) is 4.79 Å². The van der Waals surface area contributed by atoms with Crippen LogP contribution in [0.5, 0.6) is 0 Å². The van der Waals surface area contributed by atoms with Gasteiger partial charge in [-0.05, 0) is 60.7 Å². The molecule has 0 fully saturated rings. The molecule has 29 heavy (non-hydrogen) atoms. The molecule has 1 heterocycles. The van der Waals surface area contributed by atoms with E-state index < -0.39 is 9.84 Å². The number of hydrogen-bond acceptors (Lipinski definition) is 4. The third-order valence-electron chi connectivity index (χ3n) is 4.71. The summed E-state index contributed by atoms with van der Waals surface area (Å²) in [5.41, 5.74) is 2.23. The number of hydrogen-bond donors (Lipinski definition) is 0. The van der Waals surface area contributed by atoms with Gasteiger partial charge in [0.05, 0.1) is 16.8 Å². The van der Waals surface area contributed by atoms with Gasteiger partial charge in [-0.2, -0.15) is 9.78 Å². The van der Waals surface area contributed by atoms with E-state index >= 15 is 0 Å². The minimum Gasteiger partial charge on any atom is -0.267 e. The average molecular weight is 415 g/mol. The highest BCUT2D eigenvalue weighted by atomic mass is 32.2. The van der Waals surface area contributed by atoms with Crippen LogP contribution in [-0.2, 0) is 16.3 Å². The minimum atomic E-state index is -3.30. The largest absolute Gasteiger partial charge is 0.275 e. The lowest BCUT2D eigenvalue weighted by Crippen LogP contribution is -2.26. The van der Waals surface area contributed by atoms with Gasteiger partial charge in [0, 0.05) is 17.4 Å². The molecule has 7 heteroatoms. The molecule has 1 aromatic heterocycles. The molecule has 5 nitrogen and oxygen atoms in total. The Morgan fingerprint density at radius 1 is 1.03 bits per heavy atom. The van der Waals surface area contributed by atoms with Crippen LogP contribution in [0.4, 0.5) is 4.39 Å². The van der Waals surface area contributed by atoms with Crippen LogP contribution in [0.2, 0.25) is 0 Å². The lowest BCUT2D eigenvalue weighted by Gasteiger charge is -2.14. The zero-order chi connectivity index (χ0) is 21.2. The van der Waals surface area contributed by atoms with Gasteiger partial charge in [0.15, 0.2) is 9.84 Å². The molecule has 0 aliphatic carbocycles. The highest BCUT2D eigenvalue weighted by Gasteiger charge is 2.16. The van der Waals surface area contributed by atoms with E-state index in [1.54, 1.807) is 18.3 Å². The van der Waals surface area contributed by atoms with Crippen molar-refractivity contribution in [1.82, 2.24) is 9.78 Å². The van der Waals surface area contributed by atoms with Crippen molar-refractivity contribution in [3.63, 3.8) is 0 Å². The van der Waals surface area contributed by atoms with Crippen LogP contribution in [-0.4, -0.2) is 24.5 Å². The van der Waals surface area contributed by atoms with Gasteiger partial charge in [-0.1, -0.05) is 26.0 Å². The molecule has 0 unspecified atom stereocenters. The molecular weight excluding hydrogens is 391 g/mol. The molecule has 2 aromatic carbocycles. The molecule has 0 N–H and O–H groups in total. The van der Waals surface area contributed by atoms with Crippen molar-refractivity contribution >= 4 is 9.84 Å². The second-order valence-corrected chi connectivity index (χ2v) is 9.47. The van der Waals surface area contributed by atoms with Crippen molar-refractivity contribution in [3.8, 4) is 16.8 Å². The first-order chi connectivity index (χ1) is 13.7. The van der Waals surface area contributed by atoms with E-state index in [-0.39, 0.29) is 16.3 Å². The van der Waals surface area contributed by atoms with E-state index in [0.29, 0.717) is 29.2 Å². The SMILES string of the molecule is CC(C)CCc1c(-c2ccc(S(C)(=O)=O)cc2)cnn(-c2ccc(F)cc2)c1=O. The fraction of sp³-hybridized carbons (Fsp3) is 0.273. The van der Waals surface area contributed by atoms with Gasteiger partial charge in [0.1, 0.15) is 5.82 Å². The molecular formula is C22H23FN2O3S. The Morgan fingerprint density at radius 2 is 1.66 bits per heavy atom. The van der Waals surface area contributed by atoms with Crippen molar-refractivity contribution in [2.24, 2.45) is 5.92 Å². The van der Waals surface area contributed by atoms with Crippen molar-refractivity contribution < 1.29 is 12.8 Å². The van der Waals surface area contributed by atoms with E-state index in [0.717, 1.165) is 18.2 Å². The zero-order valence-electron chi connectivity index (χ0n) is 16.6. The van der Waals surface area contributed by atoms with Crippen LogP contribution in [0, 0.1) is 11.7 Å². The lowest BCUT2D eigenvalue weighted by atomic mass is 9.96. The summed E-state index contributed by atoms with van der Waals surface area (Å²) in [5.74, 6) is 0.0201. The highest BCUT2D eigenvalue weighted by Crippen LogP contribution is 2.25. The maximum absolute atomic E-state index is 13.2. The molecule has 0 amide bonds. The Kier molecular flexibility index (Phi) is 5.98. The molecule has 152 valence electrons. The third kappa shape index (κ3) is 4.79. The maximum atomic E-state index is 13.2. The van der Waals surface area contributed by atoms with E-state index in [1.165, 1.54) is 41.1 Å². The van der Waals surface area contributed by atoms with Crippen LogP contribution >= 0.6 is 0 Å². The fourth-order valence-electron chi connectivity index (χ4n) is 3.06. The molecule has 0 radical (unpaired) electrons. The molecule has 0 aliphatic heterocycles. The monoisotopic (exact) mass is 414 g/mol. The Balaban J connectivity index is 2.12. The number of nitrogens with zero attached hydrogens (tertiary/aromatic N) is 2. The summed E-state index contributed by atoms with van der Waals surface area (Å²) in [4.78, 5) is 13.4. The first kappa shape index (κ1) is 20.9. The molecule has 0 saturated heterocycles. The highest BCUT2D eigenvalue weighted by molar-refractivity contribution is 7.90. The quantitative estimate of drug-likeness (QED) is 0.611. The van der Waals surface area contributed by atoms with Gasteiger partial charge in [0.2, 0.25) is 0 Å². The first-order valence-corrected chi connectivity index (χ1v) is 11.2. The zero-order valence-corrected chi connectivity index (χ0v) is 17.4. The van der Waals surface area contributed by atoms with E-state index in [4.69, 9.17) is 0 Å². The van der Waals surface area contributed by atoms with Crippen molar-refractivity contribution in [2.45, 2.75) is 31.6 Å². The number of aromatic nitrogens is 2. The number of sulfone groups is 1. The smallest absolute Gasteiger partial charge is 0.267 e. The van der Waals surface area contributed by atoms with E-state index in [2.05, 4.69) is 18.9 Å². The fourth-order valence-corrected chi connectivity index (χ4v) is 3.69. The molecule has 0 saturated carbocycles. The van der Waals surface area contributed by atoms with Crippen molar-refractivity contribution in [2.75, 3.05) is 6.26 Å². The summed E-state index contributed by atoms with van der Waals surface area (Å²) in [6.45, 7) is 4.17. The molecule has 3 aromatic rings. The summed E-state index contributed by atoms with van der Waals surface area (Å²) in [7, 11) is -3.30. The van der Waals surface area contributed by atoms with E-state index in [9.17, 15) is 17.6 Å². The van der Waals surface area contributed by atoms with Crippen LogP contribution in [0.3, 0.4) is 0 Å². The molecule has 0 bridgehead atoms. The predicted molar refractivity (Wildman–Crippen MR) is 111 cm³/mol. The second-order valence-electron chi connectivity index (χ2n) is 7.46. The summed E-state index contributed by atoms with van der Waals surface area (Å²) in [6.07, 6.45) is 4.14. The van der Waals surface area contributed by atoms with Gasteiger partial charge < -0.3 is 0 Å². The Hall–Kier alpha value is -2.80. The Morgan fingerprint density at radius 3 is 2.21 bits per heavy atom. The number of benzene rings is 2. The molecule has 0 atom stereocenters. The van der Waals surface area contributed by atoms with Gasteiger partial charge in [0.25, 0.3) is 5.56 Å². The van der Waals surface area contributed by atoms with Gasteiger partial charge in [-0.15, -0.1) is 0 Å². The molecule has 0 aliphatic rings. The number of rotatable bonds is 6. The van der Waals surface area contributed by atoms with E-state index in [1.807, 2.05) is 0 Å². The summed E-state index contributed by atoms with van der Waals surface area (Å²) in [5, 5.41) is 4.28. The maximum Gasteiger partial charge on any atom is 0.275 e. The first-order valence-electron chi connectivity index (χ1n) is 9.34. The molecule has 0 spiro atoms. The van der Waals surface area contributed by atoms with Crippen molar-refractivity contribution in [3.05, 3.63) is 76.5 Å². The third-order valence-corrected chi connectivity index (χ3v) is 5.84. The van der Waals surface area contributed by atoms with Crippen LogP contribution in [0.15, 0.2) is 64.4 Å². The Labute approximate surface area is 169 Å². The van der Waals surface area contributed by atoms with Crippen LogP contribution in [0.25, 0.3) is 16.8 Å². The molecule has 3 rings (SSSR count). The predicted octanol–water partition coefficient (Wildman–Crippen LogP) is 4.03. The summed E-state index contributed by atoms with van der Waals surface area (Å²) in [6, 6.07) is 12.0. The summed E-state index contributed by atoms with van der Waals surface area (Å²) >= 11 is 0. The minimum absolute atomic E-state index is 0.220. The summed E-state index contributed by atoms with van der Waals surface area (Å²) < 4.78 is 37.9. The normalized spacial score (nSPS) is 11.8. The van der Waals surface area contributed by atoms with Gasteiger partial charge >= 0.3 is 0 Å². The number of halogens is 1. The topological polar surface area (TPSA) is 69.0 Å². The standard InChI is InChI=1S/C22H23FN2O3S/c1-15(2)4-13-20-21(16-5-11-19(12-6-16)29(3,27)28)14-24-25(22(20)26)18-9-7-17(23)8-10-18/h5-12,14-15H,4,13H2,1-3H3. The van der Waals surface area contributed by atoms with Crippen LogP contribution < -0.4 is 5.56 Å². The van der Waals surface area contributed by atoms with Gasteiger partial charge in [-0.25, -0.2) is 12.8 Å². The lowest BCUT2D eigenvalue weighted by molar-refractivity contribution is 0.582. The average Bonchev–Trinajstić information content (AvgIpc) is 2.67.